The second-order valence-corrected chi connectivity index (χ2v) is 5.56. The van der Waals surface area contributed by atoms with Gasteiger partial charge in [0.25, 0.3) is 5.69 Å². The number of anilines is 1. The van der Waals surface area contributed by atoms with Crippen molar-refractivity contribution in [3.8, 4) is 0 Å². The Morgan fingerprint density at radius 2 is 2.09 bits per heavy atom. The molecule has 0 aromatic heterocycles. The zero-order valence-electron chi connectivity index (χ0n) is 13.4. The number of amides is 2. The van der Waals surface area contributed by atoms with Crippen LogP contribution in [0.5, 0.6) is 0 Å². The molecule has 126 valence electrons. The Kier molecular flexibility index (Phi) is 5.89. The molecule has 0 bridgehead atoms. The van der Waals surface area contributed by atoms with E-state index in [-0.39, 0.29) is 11.7 Å². The number of hydrogen-bond donors (Lipinski definition) is 1. The van der Waals surface area contributed by atoms with Gasteiger partial charge in [0.2, 0.25) is 0 Å². The quantitative estimate of drug-likeness (QED) is 0.659. The highest BCUT2D eigenvalue weighted by Crippen LogP contribution is 2.18. The largest absolute Gasteiger partial charge is 0.383 e. The molecule has 0 saturated carbocycles. The number of non-ortho nitro benzene ring substituents is 1. The Morgan fingerprint density at radius 3 is 2.70 bits per heavy atom. The molecule has 2 amide bonds. The molecule has 1 N–H and O–H groups in total. The molecule has 1 unspecified atom stereocenters. The molecule has 1 fully saturated rings. The minimum absolute atomic E-state index is 0.0407. The number of benzene rings is 1. The normalized spacial score (nSPS) is 16.9. The van der Waals surface area contributed by atoms with Gasteiger partial charge in [0.15, 0.2) is 0 Å². The van der Waals surface area contributed by atoms with Gasteiger partial charge >= 0.3 is 6.03 Å². The van der Waals surface area contributed by atoms with Gasteiger partial charge in [0.05, 0.1) is 11.5 Å². The van der Waals surface area contributed by atoms with Crippen LogP contribution in [0.3, 0.4) is 0 Å². The highest BCUT2D eigenvalue weighted by Gasteiger charge is 2.24. The fourth-order valence-corrected chi connectivity index (χ4v) is 2.61. The van der Waals surface area contributed by atoms with Gasteiger partial charge in [-0.1, -0.05) is 6.07 Å². The number of urea groups is 1. The summed E-state index contributed by atoms with van der Waals surface area (Å²) in [6.07, 6.45) is 0. The molecule has 8 nitrogen and oxygen atoms in total. The second kappa shape index (κ2) is 7.89. The summed E-state index contributed by atoms with van der Waals surface area (Å²) in [6, 6.07) is 6.03. The molecule has 8 heteroatoms. The number of carbonyl (C=O) groups excluding carboxylic acids is 1. The Balaban J connectivity index is 1.88. The number of piperazine rings is 1. The molecule has 1 aromatic carbocycles. The summed E-state index contributed by atoms with van der Waals surface area (Å²) in [5.41, 5.74) is 0.389. The van der Waals surface area contributed by atoms with E-state index in [4.69, 9.17) is 4.74 Å². The van der Waals surface area contributed by atoms with E-state index in [1.54, 1.807) is 24.1 Å². The van der Waals surface area contributed by atoms with Crippen LogP contribution in [0.25, 0.3) is 0 Å². The van der Waals surface area contributed by atoms with E-state index in [9.17, 15) is 14.9 Å². The van der Waals surface area contributed by atoms with Gasteiger partial charge in [-0.15, -0.1) is 0 Å². The fourth-order valence-electron chi connectivity index (χ4n) is 2.61. The van der Waals surface area contributed by atoms with Crippen molar-refractivity contribution in [3.05, 3.63) is 34.4 Å². The van der Waals surface area contributed by atoms with E-state index in [0.29, 0.717) is 31.4 Å². The highest BCUT2D eigenvalue weighted by molar-refractivity contribution is 5.89. The van der Waals surface area contributed by atoms with Crippen molar-refractivity contribution in [1.82, 2.24) is 9.80 Å². The van der Waals surface area contributed by atoms with Crippen LogP contribution in [-0.4, -0.2) is 66.7 Å². The van der Waals surface area contributed by atoms with Crippen LogP contribution < -0.4 is 5.32 Å². The first-order valence-corrected chi connectivity index (χ1v) is 7.54. The van der Waals surface area contributed by atoms with Crippen molar-refractivity contribution in [2.24, 2.45) is 0 Å². The van der Waals surface area contributed by atoms with Gasteiger partial charge in [-0.3, -0.25) is 15.0 Å². The van der Waals surface area contributed by atoms with E-state index < -0.39 is 4.92 Å². The van der Waals surface area contributed by atoms with Crippen molar-refractivity contribution < 1.29 is 14.5 Å². The third-order valence-corrected chi connectivity index (χ3v) is 3.94. The number of carbonyl (C=O) groups is 1. The van der Waals surface area contributed by atoms with E-state index >= 15 is 0 Å². The third kappa shape index (κ3) is 4.64. The molecule has 1 aromatic rings. The van der Waals surface area contributed by atoms with Gasteiger partial charge in [0, 0.05) is 57.2 Å². The van der Waals surface area contributed by atoms with Crippen LogP contribution in [0, 0.1) is 10.1 Å². The average Bonchev–Trinajstić information content (AvgIpc) is 2.55. The first-order valence-electron chi connectivity index (χ1n) is 7.54. The highest BCUT2D eigenvalue weighted by atomic mass is 16.6. The summed E-state index contributed by atoms with van der Waals surface area (Å²) in [7, 11) is 1.68. The van der Waals surface area contributed by atoms with Gasteiger partial charge < -0.3 is 15.0 Å². The van der Waals surface area contributed by atoms with Gasteiger partial charge in [-0.2, -0.15) is 0 Å². The molecule has 0 aliphatic carbocycles. The summed E-state index contributed by atoms with van der Waals surface area (Å²) < 4.78 is 5.15. The van der Waals surface area contributed by atoms with Crippen molar-refractivity contribution in [2.75, 3.05) is 45.2 Å². The smallest absolute Gasteiger partial charge is 0.321 e. The number of nitrogens with zero attached hydrogens (tertiary/aromatic N) is 3. The maximum Gasteiger partial charge on any atom is 0.321 e. The van der Waals surface area contributed by atoms with Gasteiger partial charge in [0.1, 0.15) is 0 Å². The predicted octanol–water partition coefficient (Wildman–Crippen LogP) is 1.78. The minimum Gasteiger partial charge on any atom is -0.383 e. The average molecular weight is 322 g/mol. The van der Waals surface area contributed by atoms with Crippen molar-refractivity contribution >= 4 is 17.4 Å². The third-order valence-electron chi connectivity index (χ3n) is 3.94. The van der Waals surface area contributed by atoms with Crippen molar-refractivity contribution in [2.45, 2.75) is 13.0 Å². The number of rotatable bonds is 5. The fraction of sp³-hybridized carbons (Fsp3) is 0.533. The maximum absolute atomic E-state index is 12.3. The predicted molar refractivity (Wildman–Crippen MR) is 86.6 cm³/mol. The van der Waals surface area contributed by atoms with Gasteiger partial charge in [-0.05, 0) is 13.0 Å². The van der Waals surface area contributed by atoms with Crippen LogP contribution in [0.4, 0.5) is 16.2 Å². The number of nitro benzene ring substituents is 1. The van der Waals surface area contributed by atoms with Crippen LogP contribution in [0.15, 0.2) is 24.3 Å². The van der Waals surface area contributed by atoms with Crippen LogP contribution in [0.2, 0.25) is 0 Å². The topological polar surface area (TPSA) is 88.0 Å². The SMILES string of the molecule is COCC(C)N1CCN(C(=O)Nc2cccc([N+](=O)[O-])c2)CC1. The monoisotopic (exact) mass is 322 g/mol. The number of nitrogens with one attached hydrogen (secondary N) is 1. The van der Waals surface area contributed by atoms with Crippen LogP contribution in [0.1, 0.15) is 6.92 Å². The Bertz CT molecular complexity index is 558. The second-order valence-electron chi connectivity index (χ2n) is 5.56. The molecule has 1 atom stereocenters. The van der Waals surface area contributed by atoms with Crippen LogP contribution in [-0.2, 0) is 4.74 Å². The zero-order valence-corrected chi connectivity index (χ0v) is 13.4. The number of methoxy groups -OCH3 is 1. The first kappa shape index (κ1) is 17.2. The molecule has 1 heterocycles. The van der Waals surface area contributed by atoms with E-state index in [0.717, 1.165) is 13.1 Å². The standard InChI is InChI=1S/C15H22N4O4/c1-12(11-23-2)17-6-8-18(9-7-17)15(20)16-13-4-3-5-14(10-13)19(21)22/h3-5,10,12H,6-9,11H2,1-2H3,(H,16,20). The lowest BCUT2D eigenvalue weighted by molar-refractivity contribution is -0.384. The number of hydrogen-bond acceptors (Lipinski definition) is 5. The molecular weight excluding hydrogens is 300 g/mol. The van der Waals surface area contributed by atoms with Crippen molar-refractivity contribution in [3.63, 3.8) is 0 Å². The van der Waals surface area contributed by atoms with Gasteiger partial charge in [-0.25, -0.2) is 4.79 Å². The lowest BCUT2D eigenvalue weighted by Gasteiger charge is -2.37. The Morgan fingerprint density at radius 1 is 1.39 bits per heavy atom. The molecule has 0 spiro atoms. The van der Waals surface area contributed by atoms with E-state index in [2.05, 4.69) is 17.1 Å². The number of nitro groups is 1. The lowest BCUT2D eigenvalue weighted by Crippen LogP contribution is -2.53. The Hall–Kier alpha value is -2.19. The van der Waals surface area contributed by atoms with E-state index in [1.807, 2.05) is 0 Å². The van der Waals surface area contributed by atoms with Crippen LogP contribution >= 0.6 is 0 Å². The number of ether oxygens (including phenoxy) is 1. The zero-order chi connectivity index (χ0) is 16.8. The van der Waals surface area contributed by atoms with Crippen molar-refractivity contribution in [1.29, 1.82) is 0 Å². The summed E-state index contributed by atoms with van der Waals surface area (Å²) in [5.74, 6) is 0. The molecule has 2 rings (SSSR count). The molecule has 1 aliphatic heterocycles. The minimum atomic E-state index is -0.481. The lowest BCUT2D eigenvalue weighted by atomic mass is 10.2. The molecule has 0 radical (unpaired) electrons. The molecule has 1 aliphatic rings. The summed E-state index contributed by atoms with van der Waals surface area (Å²) in [4.78, 5) is 26.5. The van der Waals surface area contributed by atoms with E-state index in [1.165, 1.54) is 12.1 Å². The molecule has 1 saturated heterocycles. The molecular formula is C15H22N4O4. The Labute approximate surface area is 135 Å². The summed E-state index contributed by atoms with van der Waals surface area (Å²) in [6.45, 7) is 5.58. The maximum atomic E-state index is 12.3. The first-order chi connectivity index (χ1) is 11.0. The molecule has 23 heavy (non-hydrogen) atoms. The summed E-state index contributed by atoms with van der Waals surface area (Å²) >= 11 is 0. The summed E-state index contributed by atoms with van der Waals surface area (Å²) in [5, 5.41) is 13.5.